The lowest BCUT2D eigenvalue weighted by molar-refractivity contribution is -0.144. The number of hydrogen-bond donors (Lipinski definition) is 3. The molecule has 0 radical (unpaired) electrons. The number of ether oxygens (including phenoxy) is 1. The maximum atomic E-state index is 11.4. The topological polar surface area (TPSA) is 116 Å². The highest BCUT2D eigenvalue weighted by molar-refractivity contribution is 8.76. The molecule has 0 bridgehead atoms. The van der Waals surface area contributed by atoms with Crippen LogP contribution in [0.15, 0.2) is 0 Å². The number of carboxylic acid groups (broad SMARTS) is 1. The molecule has 0 spiro atoms. The second-order valence-electron chi connectivity index (χ2n) is 3.64. The summed E-state index contributed by atoms with van der Waals surface area (Å²) < 4.78 is 4.96. The van der Waals surface area contributed by atoms with Gasteiger partial charge in [-0.3, -0.25) is 9.59 Å². The Hall–Kier alpha value is -0.440. The molecule has 5 N–H and O–H groups in total. The Bertz CT molecular complexity index is 266. The third-order valence-corrected chi connectivity index (χ3v) is 4.41. The van der Waals surface area contributed by atoms with Gasteiger partial charge in [0.25, 0.3) is 0 Å². The van der Waals surface area contributed by atoms with Crippen molar-refractivity contribution < 1.29 is 19.4 Å². The molecule has 0 amide bonds. The molecule has 0 fully saturated rings. The predicted octanol–water partition coefficient (Wildman–Crippen LogP) is 0.450. The van der Waals surface area contributed by atoms with E-state index < -0.39 is 24.0 Å². The quantitative estimate of drug-likeness (QED) is 0.302. The summed E-state index contributed by atoms with van der Waals surface area (Å²) in [6.07, 6.45) is 1.79. The van der Waals surface area contributed by atoms with E-state index >= 15 is 0 Å². The molecule has 0 saturated carbocycles. The lowest BCUT2D eigenvalue weighted by Gasteiger charge is -2.11. The van der Waals surface area contributed by atoms with E-state index in [2.05, 4.69) is 0 Å². The van der Waals surface area contributed by atoms with Gasteiger partial charge in [0.1, 0.15) is 12.1 Å². The normalized spacial score (nSPS) is 13.9. The van der Waals surface area contributed by atoms with Crippen LogP contribution in [0.1, 0.15) is 19.8 Å². The average Bonchev–Trinajstić information content (AvgIpc) is 2.33. The van der Waals surface area contributed by atoms with Crippen molar-refractivity contribution in [2.45, 2.75) is 31.8 Å². The fraction of sp³-hybridized carbons (Fsp3) is 0.800. The minimum atomic E-state index is -1.04. The van der Waals surface area contributed by atoms with Gasteiger partial charge in [-0.2, -0.15) is 0 Å². The van der Waals surface area contributed by atoms with E-state index in [-0.39, 0.29) is 5.75 Å². The smallest absolute Gasteiger partial charge is 0.323 e. The first kappa shape index (κ1) is 17.6. The van der Waals surface area contributed by atoms with Crippen molar-refractivity contribution in [2.75, 3.05) is 18.1 Å². The fourth-order valence-electron chi connectivity index (χ4n) is 0.806. The molecule has 6 nitrogen and oxygen atoms in total. The zero-order valence-electron chi connectivity index (χ0n) is 10.3. The number of carbonyl (C=O) groups is 2. The molecule has 8 heteroatoms. The van der Waals surface area contributed by atoms with Gasteiger partial charge in [-0.05, 0) is 6.42 Å². The van der Waals surface area contributed by atoms with Crippen molar-refractivity contribution in [1.29, 1.82) is 0 Å². The lowest BCUT2D eigenvalue weighted by atomic mass is 10.3. The molecular weight excluding hydrogens is 276 g/mol. The maximum absolute atomic E-state index is 11.4. The molecule has 0 rings (SSSR count). The minimum Gasteiger partial charge on any atom is -0.480 e. The summed E-state index contributed by atoms with van der Waals surface area (Å²) in [6, 6.07) is -1.57. The molecule has 0 saturated heterocycles. The van der Waals surface area contributed by atoms with Crippen LogP contribution in [0.4, 0.5) is 0 Å². The molecule has 1 unspecified atom stereocenters. The van der Waals surface area contributed by atoms with E-state index in [1.54, 1.807) is 0 Å². The number of carbonyl (C=O) groups excluding carboxylic acids is 1. The summed E-state index contributed by atoms with van der Waals surface area (Å²) in [7, 11) is 2.61. The average molecular weight is 296 g/mol. The van der Waals surface area contributed by atoms with Crippen LogP contribution in [-0.4, -0.2) is 47.2 Å². The van der Waals surface area contributed by atoms with Crippen LogP contribution in [0, 0.1) is 0 Å². The molecule has 0 aromatic rings. The lowest BCUT2D eigenvalue weighted by Crippen LogP contribution is -2.35. The maximum Gasteiger partial charge on any atom is 0.323 e. The first-order valence-corrected chi connectivity index (χ1v) is 8.12. The van der Waals surface area contributed by atoms with E-state index in [9.17, 15) is 9.59 Å². The van der Waals surface area contributed by atoms with Crippen molar-refractivity contribution >= 4 is 33.5 Å². The molecule has 2 atom stereocenters. The Kier molecular flexibility index (Phi) is 10.2. The van der Waals surface area contributed by atoms with Gasteiger partial charge in [0.15, 0.2) is 0 Å². The Balaban J connectivity index is 3.60. The predicted molar refractivity (Wildman–Crippen MR) is 74.4 cm³/mol. The number of esters is 1. The van der Waals surface area contributed by atoms with E-state index in [0.29, 0.717) is 12.4 Å². The number of rotatable bonds is 10. The minimum absolute atomic E-state index is 0.275. The summed E-state index contributed by atoms with van der Waals surface area (Å²) in [4.78, 5) is 21.8. The van der Waals surface area contributed by atoms with Crippen molar-refractivity contribution in [3.63, 3.8) is 0 Å². The summed E-state index contributed by atoms with van der Waals surface area (Å²) in [5.41, 5.74) is 10.9. The molecule has 106 valence electrons. The molecular formula is C10H20N2O4S2. The number of aliphatic carboxylic acids is 1. The first-order valence-electron chi connectivity index (χ1n) is 5.64. The Morgan fingerprint density at radius 1 is 1.22 bits per heavy atom. The number of carboxylic acids is 1. The van der Waals surface area contributed by atoms with E-state index in [1.165, 1.54) is 21.6 Å². The largest absolute Gasteiger partial charge is 0.480 e. The summed E-state index contributed by atoms with van der Waals surface area (Å²) >= 11 is 0. The van der Waals surface area contributed by atoms with E-state index in [4.69, 9.17) is 21.3 Å². The zero-order valence-corrected chi connectivity index (χ0v) is 12.0. The number of hydrogen-bond acceptors (Lipinski definition) is 7. The summed E-state index contributed by atoms with van der Waals surface area (Å²) in [6.45, 7) is 2.40. The molecule has 0 aliphatic carbocycles. The van der Waals surface area contributed by atoms with Crippen molar-refractivity contribution in [3.05, 3.63) is 0 Å². The van der Waals surface area contributed by atoms with Gasteiger partial charge in [0.2, 0.25) is 0 Å². The SMILES string of the molecule is CCCCOC(=O)[C@@H](N)CSSCC(N)C(=O)O. The van der Waals surface area contributed by atoms with Crippen molar-refractivity contribution in [1.82, 2.24) is 0 Å². The number of nitrogens with two attached hydrogens (primary N) is 2. The van der Waals surface area contributed by atoms with Crippen LogP contribution in [0.3, 0.4) is 0 Å². The second-order valence-corrected chi connectivity index (χ2v) is 6.19. The molecule has 0 aliphatic rings. The van der Waals surface area contributed by atoms with E-state index in [0.717, 1.165) is 12.8 Å². The van der Waals surface area contributed by atoms with Crippen LogP contribution < -0.4 is 11.5 Å². The van der Waals surface area contributed by atoms with Gasteiger partial charge in [0.05, 0.1) is 6.61 Å². The van der Waals surface area contributed by atoms with Gasteiger partial charge in [0, 0.05) is 11.5 Å². The zero-order chi connectivity index (χ0) is 14.0. The molecule has 0 aromatic carbocycles. The standard InChI is InChI=1S/C10H20N2O4S2/c1-2-3-4-16-10(15)8(12)6-18-17-5-7(11)9(13)14/h7-8H,2-6,11-12H2,1H3,(H,13,14)/t7?,8-/m0/s1. The van der Waals surface area contributed by atoms with Crippen molar-refractivity contribution in [2.24, 2.45) is 11.5 Å². The van der Waals surface area contributed by atoms with Crippen LogP contribution in [0.25, 0.3) is 0 Å². The van der Waals surface area contributed by atoms with Crippen LogP contribution >= 0.6 is 21.6 Å². The van der Waals surface area contributed by atoms with Crippen molar-refractivity contribution in [3.8, 4) is 0 Å². The first-order chi connectivity index (χ1) is 8.49. The van der Waals surface area contributed by atoms with Crippen LogP contribution in [-0.2, 0) is 14.3 Å². The monoisotopic (exact) mass is 296 g/mol. The molecule has 18 heavy (non-hydrogen) atoms. The highest BCUT2D eigenvalue weighted by atomic mass is 33.1. The summed E-state index contributed by atoms with van der Waals surface area (Å²) in [5.74, 6) is -0.801. The summed E-state index contributed by atoms with van der Waals surface area (Å²) in [5, 5.41) is 8.55. The van der Waals surface area contributed by atoms with Gasteiger partial charge in [-0.25, -0.2) is 0 Å². The van der Waals surface area contributed by atoms with Gasteiger partial charge >= 0.3 is 11.9 Å². The van der Waals surface area contributed by atoms with E-state index in [1.807, 2.05) is 6.92 Å². The molecule has 0 aliphatic heterocycles. The Morgan fingerprint density at radius 2 is 1.78 bits per heavy atom. The molecule has 0 aromatic heterocycles. The highest BCUT2D eigenvalue weighted by Crippen LogP contribution is 2.22. The Labute approximate surface area is 115 Å². The van der Waals surface area contributed by atoms with Gasteiger partial charge in [-0.1, -0.05) is 34.9 Å². The third kappa shape index (κ3) is 8.62. The fourth-order valence-corrected chi connectivity index (χ4v) is 3.03. The van der Waals surface area contributed by atoms with Crippen LogP contribution in [0.5, 0.6) is 0 Å². The number of unbranched alkanes of at least 4 members (excludes halogenated alkanes) is 1. The van der Waals surface area contributed by atoms with Gasteiger partial charge in [-0.15, -0.1) is 0 Å². The second kappa shape index (κ2) is 10.5. The Morgan fingerprint density at radius 3 is 2.28 bits per heavy atom. The third-order valence-electron chi connectivity index (χ3n) is 1.94. The van der Waals surface area contributed by atoms with Gasteiger partial charge < -0.3 is 21.3 Å². The van der Waals surface area contributed by atoms with Crippen LogP contribution in [0.2, 0.25) is 0 Å². The highest BCUT2D eigenvalue weighted by Gasteiger charge is 2.16. The molecule has 0 heterocycles.